The van der Waals surface area contributed by atoms with Crippen molar-refractivity contribution in [1.29, 1.82) is 0 Å². The molecular formula is C25H33N3O3. The molecule has 1 aromatic carbocycles. The van der Waals surface area contributed by atoms with Gasteiger partial charge in [0, 0.05) is 37.8 Å². The number of piperidine rings is 1. The van der Waals surface area contributed by atoms with E-state index in [2.05, 4.69) is 19.1 Å². The van der Waals surface area contributed by atoms with E-state index in [1.54, 1.807) is 0 Å². The van der Waals surface area contributed by atoms with E-state index in [1.165, 1.54) is 5.56 Å². The fourth-order valence-corrected chi connectivity index (χ4v) is 4.38. The number of aromatic nitrogens is 2. The predicted octanol–water partition coefficient (Wildman–Crippen LogP) is 3.55. The Morgan fingerprint density at radius 3 is 2.87 bits per heavy atom. The maximum atomic E-state index is 12.8. The van der Waals surface area contributed by atoms with Crippen LogP contribution < -0.4 is 4.74 Å². The number of fused-ring (bicyclic) bond motifs is 1. The number of amides is 1. The smallest absolute Gasteiger partial charge is 0.222 e. The van der Waals surface area contributed by atoms with E-state index in [4.69, 9.17) is 19.4 Å². The molecule has 1 unspecified atom stereocenters. The van der Waals surface area contributed by atoms with E-state index in [1.807, 2.05) is 23.1 Å². The molecule has 0 N–H and O–H groups in total. The first-order valence-corrected chi connectivity index (χ1v) is 11.7. The molecule has 2 aliphatic rings. The molecular weight excluding hydrogens is 390 g/mol. The number of ether oxygens (including phenoxy) is 2. The average Bonchev–Trinajstić information content (AvgIpc) is 3.05. The lowest BCUT2D eigenvalue weighted by atomic mass is 10.1. The molecule has 166 valence electrons. The van der Waals surface area contributed by atoms with Crippen LogP contribution in [0.2, 0.25) is 0 Å². The predicted molar refractivity (Wildman–Crippen MR) is 119 cm³/mol. The molecule has 0 radical (unpaired) electrons. The van der Waals surface area contributed by atoms with E-state index < -0.39 is 0 Å². The van der Waals surface area contributed by atoms with E-state index in [9.17, 15) is 4.79 Å². The van der Waals surface area contributed by atoms with Gasteiger partial charge in [0.05, 0.1) is 25.5 Å². The van der Waals surface area contributed by atoms with Gasteiger partial charge in [-0.05, 0) is 31.2 Å². The van der Waals surface area contributed by atoms with Crippen molar-refractivity contribution in [3.05, 3.63) is 53.0 Å². The summed E-state index contributed by atoms with van der Waals surface area (Å²) in [6.07, 6.45) is 6.67. The SMILES string of the molecule is CCc1nc2c(c(OC3CCCN(C(=O)CCCc4ccccc4)C3)n1)CCOCC2. The molecule has 0 saturated carbocycles. The molecule has 2 aliphatic heterocycles. The fraction of sp³-hybridized carbons (Fsp3) is 0.560. The lowest BCUT2D eigenvalue weighted by molar-refractivity contribution is -0.133. The number of aryl methyl sites for hydroxylation is 2. The number of benzene rings is 1. The lowest BCUT2D eigenvalue weighted by Gasteiger charge is -2.33. The highest BCUT2D eigenvalue weighted by molar-refractivity contribution is 5.76. The fourth-order valence-electron chi connectivity index (χ4n) is 4.38. The first-order valence-electron chi connectivity index (χ1n) is 11.7. The van der Waals surface area contributed by atoms with Gasteiger partial charge in [0.25, 0.3) is 0 Å². The van der Waals surface area contributed by atoms with Crippen molar-refractivity contribution in [1.82, 2.24) is 14.9 Å². The highest BCUT2D eigenvalue weighted by atomic mass is 16.5. The summed E-state index contributed by atoms with van der Waals surface area (Å²) < 4.78 is 12.0. The van der Waals surface area contributed by atoms with Crippen LogP contribution in [0.3, 0.4) is 0 Å². The molecule has 6 nitrogen and oxygen atoms in total. The van der Waals surface area contributed by atoms with Crippen LogP contribution in [0.5, 0.6) is 5.88 Å². The summed E-state index contributed by atoms with van der Waals surface area (Å²) >= 11 is 0. The van der Waals surface area contributed by atoms with Gasteiger partial charge in [-0.25, -0.2) is 4.98 Å². The molecule has 1 amide bonds. The third-order valence-corrected chi connectivity index (χ3v) is 6.11. The Morgan fingerprint density at radius 2 is 2.03 bits per heavy atom. The zero-order chi connectivity index (χ0) is 21.5. The molecule has 0 spiro atoms. The lowest BCUT2D eigenvalue weighted by Crippen LogP contribution is -2.44. The Kier molecular flexibility index (Phi) is 7.52. The van der Waals surface area contributed by atoms with Crippen molar-refractivity contribution >= 4 is 5.91 Å². The summed E-state index contributed by atoms with van der Waals surface area (Å²) in [5, 5.41) is 0. The minimum Gasteiger partial charge on any atom is -0.472 e. The quantitative estimate of drug-likeness (QED) is 0.682. The van der Waals surface area contributed by atoms with Gasteiger partial charge in [-0.1, -0.05) is 37.3 Å². The van der Waals surface area contributed by atoms with Crippen molar-refractivity contribution < 1.29 is 14.3 Å². The van der Waals surface area contributed by atoms with Crippen LogP contribution >= 0.6 is 0 Å². The molecule has 4 rings (SSSR count). The van der Waals surface area contributed by atoms with Gasteiger partial charge in [-0.3, -0.25) is 4.79 Å². The van der Waals surface area contributed by atoms with Gasteiger partial charge >= 0.3 is 0 Å². The monoisotopic (exact) mass is 423 g/mol. The second-order valence-corrected chi connectivity index (χ2v) is 8.40. The van der Waals surface area contributed by atoms with Gasteiger partial charge in [-0.2, -0.15) is 4.98 Å². The summed E-state index contributed by atoms with van der Waals surface area (Å²) in [6, 6.07) is 10.4. The van der Waals surface area contributed by atoms with Crippen LogP contribution in [0.4, 0.5) is 0 Å². The molecule has 0 bridgehead atoms. The van der Waals surface area contributed by atoms with Gasteiger partial charge in [0.15, 0.2) is 0 Å². The molecule has 1 aromatic heterocycles. The maximum absolute atomic E-state index is 12.8. The Labute approximate surface area is 185 Å². The summed E-state index contributed by atoms with van der Waals surface area (Å²) in [5.74, 6) is 1.75. The van der Waals surface area contributed by atoms with Crippen LogP contribution in [0.15, 0.2) is 30.3 Å². The highest BCUT2D eigenvalue weighted by Crippen LogP contribution is 2.26. The second kappa shape index (κ2) is 10.7. The molecule has 2 aromatic rings. The van der Waals surface area contributed by atoms with Crippen molar-refractivity contribution in [3.8, 4) is 5.88 Å². The Morgan fingerprint density at radius 1 is 1.19 bits per heavy atom. The van der Waals surface area contributed by atoms with E-state index in [0.29, 0.717) is 32.1 Å². The molecule has 1 atom stereocenters. The number of carbonyl (C=O) groups is 1. The topological polar surface area (TPSA) is 64.5 Å². The number of rotatable bonds is 7. The van der Waals surface area contributed by atoms with Crippen LogP contribution in [0.1, 0.15) is 55.3 Å². The number of likely N-dealkylation sites (tertiary alicyclic amines) is 1. The Balaban J connectivity index is 1.36. The van der Waals surface area contributed by atoms with Crippen molar-refractivity contribution in [2.24, 2.45) is 0 Å². The number of nitrogens with zero attached hydrogens (tertiary/aromatic N) is 3. The second-order valence-electron chi connectivity index (χ2n) is 8.40. The zero-order valence-corrected chi connectivity index (χ0v) is 18.5. The summed E-state index contributed by atoms with van der Waals surface area (Å²) in [7, 11) is 0. The molecule has 0 aliphatic carbocycles. The van der Waals surface area contributed by atoms with Gasteiger partial charge in [0.2, 0.25) is 11.8 Å². The minimum absolute atomic E-state index is 0.0142. The van der Waals surface area contributed by atoms with Crippen molar-refractivity contribution in [2.75, 3.05) is 26.3 Å². The Bertz CT molecular complexity index is 872. The van der Waals surface area contributed by atoms with Gasteiger partial charge in [0.1, 0.15) is 11.9 Å². The van der Waals surface area contributed by atoms with E-state index in [-0.39, 0.29) is 12.0 Å². The third-order valence-electron chi connectivity index (χ3n) is 6.11. The van der Waals surface area contributed by atoms with Crippen molar-refractivity contribution in [3.63, 3.8) is 0 Å². The number of hydrogen-bond acceptors (Lipinski definition) is 5. The largest absolute Gasteiger partial charge is 0.472 e. The highest BCUT2D eigenvalue weighted by Gasteiger charge is 2.27. The van der Waals surface area contributed by atoms with Gasteiger partial charge < -0.3 is 14.4 Å². The first kappa shape index (κ1) is 21.8. The van der Waals surface area contributed by atoms with Crippen molar-refractivity contribution in [2.45, 2.75) is 64.4 Å². The number of carbonyl (C=O) groups excluding carboxylic acids is 1. The van der Waals surface area contributed by atoms with Crippen LogP contribution in [-0.2, 0) is 35.2 Å². The standard InChI is InChI=1S/C25H33N3O3/c1-2-23-26-22-14-17-30-16-13-21(22)25(27-23)31-20-11-7-15-28(18-20)24(29)12-6-10-19-8-4-3-5-9-19/h3-5,8-9,20H,2,6-7,10-18H2,1H3. The maximum Gasteiger partial charge on any atom is 0.222 e. The Hall–Kier alpha value is -2.47. The third kappa shape index (κ3) is 5.82. The summed E-state index contributed by atoms with van der Waals surface area (Å²) in [6.45, 7) is 4.90. The minimum atomic E-state index is -0.0142. The zero-order valence-electron chi connectivity index (χ0n) is 18.5. The summed E-state index contributed by atoms with van der Waals surface area (Å²) in [4.78, 5) is 24.2. The average molecular weight is 424 g/mol. The summed E-state index contributed by atoms with van der Waals surface area (Å²) in [5.41, 5.74) is 3.43. The van der Waals surface area contributed by atoms with Gasteiger partial charge in [-0.15, -0.1) is 0 Å². The van der Waals surface area contributed by atoms with E-state index in [0.717, 1.165) is 68.6 Å². The number of hydrogen-bond donors (Lipinski definition) is 0. The molecule has 1 fully saturated rings. The first-order chi connectivity index (χ1) is 15.2. The molecule has 3 heterocycles. The molecule has 1 saturated heterocycles. The normalized spacial score (nSPS) is 18.9. The van der Waals surface area contributed by atoms with E-state index >= 15 is 0 Å². The van der Waals surface area contributed by atoms with Crippen LogP contribution in [0.25, 0.3) is 0 Å². The molecule has 31 heavy (non-hydrogen) atoms. The van der Waals surface area contributed by atoms with Crippen LogP contribution in [0, 0.1) is 0 Å². The van der Waals surface area contributed by atoms with Crippen LogP contribution in [-0.4, -0.2) is 53.2 Å². The molecule has 6 heteroatoms.